The molecule has 0 bridgehead atoms. The molecule has 0 unspecified atom stereocenters. The Balaban J connectivity index is 0.000000225. The fraction of sp³-hybridized carbons (Fsp3) is 0.289. The van der Waals surface area contributed by atoms with Crippen molar-refractivity contribution in [1.82, 2.24) is 15.0 Å². The van der Waals surface area contributed by atoms with Crippen LogP contribution in [0.5, 0.6) is 0 Å². The van der Waals surface area contributed by atoms with Crippen LogP contribution in [0.4, 0.5) is 0 Å². The zero-order chi connectivity index (χ0) is 35.9. The Hall–Kier alpha value is -3.44. The summed E-state index contributed by atoms with van der Waals surface area (Å²) in [5, 5.41) is 2.66. The van der Waals surface area contributed by atoms with Crippen LogP contribution in [0.15, 0.2) is 83.5 Å². The van der Waals surface area contributed by atoms with Crippen molar-refractivity contribution in [3.8, 4) is 22.5 Å². The van der Waals surface area contributed by atoms with Crippen LogP contribution in [-0.2, 0) is 26.5 Å². The van der Waals surface area contributed by atoms with Gasteiger partial charge in [-0.15, -0.1) is 54.1 Å². The van der Waals surface area contributed by atoms with Crippen LogP contribution in [0, 0.1) is 24.9 Å². The topological polar surface area (TPSA) is 51.8 Å². The molecule has 4 aromatic heterocycles. The first kappa shape index (κ1) is 25.8. The summed E-state index contributed by atoms with van der Waals surface area (Å²) in [6, 6.07) is 26.5. The molecule has 0 aliphatic heterocycles. The maximum Gasteiger partial charge on any atom is 0.216 e. The molecule has 0 atom stereocenters. The summed E-state index contributed by atoms with van der Waals surface area (Å²) < 4.78 is 53.9. The molecular weight excluding hydrogens is 735 g/mol. The van der Waals surface area contributed by atoms with Gasteiger partial charge in [-0.3, -0.25) is 0 Å². The number of benzene rings is 2. The van der Waals surface area contributed by atoms with Crippen molar-refractivity contribution in [2.24, 2.45) is 5.92 Å². The summed E-state index contributed by atoms with van der Waals surface area (Å²) in [5.74, 6) is -0.840. The molecule has 0 aliphatic rings. The van der Waals surface area contributed by atoms with Gasteiger partial charge in [0.15, 0.2) is 0 Å². The SMILES string of the molecule is [2H]C([2H])([2H])c1ccc2c(n1)oc1c(-c3cc(C([2H])(C)C)ccn3)[c-]ccc12.[2H]C([2H])(c1cc(-c2[c-]cccc2)ncc1[Si](C)(C)C)C(C)C.[Ir]. The van der Waals surface area contributed by atoms with Crippen molar-refractivity contribution in [1.29, 1.82) is 0 Å². The monoisotopic (exact) mass is 782 g/mol. The molecule has 4 nitrogen and oxygen atoms in total. The number of fused-ring (bicyclic) bond motifs is 3. The van der Waals surface area contributed by atoms with Crippen LogP contribution in [0.25, 0.3) is 44.6 Å². The number of hydrogen-bond donors (Lipinski definition) is 0. The van der Waals surface area contributed by atoms with Crippen LogP contribution in [-0.4, -0.2) is 23.0 Å². The largest absolute Gasteiger partial charge is 0.486 e. The minimum Gasteiger partial charge on any atom is -0.486 e. The first-order chi connectivity index (χ1) is 22.8. The molecule has 6 rings (SSSR count). The molecule has 44 heavy (non-hydrogen) atoms. The van der Waals surface area contributed by atoms with Gasteiger partial charge in [-0.25, -0.2) is 4.98 Å². The van der Waals surface area contributed by atoms with Crippen molar-refractivity contribution in [3.63, 3.8) is 0 Å². The number of pyridine rings is 3. The Morgan fingerprint density at radius 2 is 1.75 bits per heavy atom. The fourth-order valence-electron chi connectivity index (χ4n) is 4.87. The summed E-state index contributed by atoms with van der Waals surface area (Å²) in [5.41, 5.74) is 5.45. The average Bonchev–Trinajstić information content (AvgIpc) is 3.42. The summed E-state index contributed by atoms with van der Waals surface area (Å²) in [6.45, 7) is 11.9. The van der Waals surface area contributed by atoms with E-state index in [2.05, 4.69) is 46.7 Å². The normalized spacial score (nSPS) is 14.4. The zero-order valence-electron chi connectivity index (χ0n) is 32.2. The van der Waals surface area contributed by atoms with E-state index in [1.807, 2.05) is 82.4 Å². The second-order valence-corrected chi connectivity index (χ2v) is 17.2. The zero-order valence-corrected chi connectivity index (χ0v) is 29.6. The van der Waals surface area contributed by atoms with Gasteiger partial charge in [-0.2, -0.15) is 0 Å². The molecule has 0 fully saturated rings. The maximum absolute atomic E-state index is 8.55. The molecule has 229 valence electrons. The number of aromatic nitrogens is 3. The van der Waals surface area contributed by atoms with Crippen LogP contribution in [0.1, 0.15) is 58.6 Å². The molecule has 0 amide bonds. The van der Waals surface area contributed by atoms with E-state index < -0.39 is 27.2 Å². The minimum atomic E-state index is -2.29. The molecule has 1 radical (unpaired) electrons. The summed E-state index contributed by atoms with van der Waals surface area (Å²) in [6.07, 6.45) is 2.20. The minimum absolute atomic E-state index is 0. The Morgan fingerprint density at radius 3 is 2.43 bits per heavy atom. The van der Waals surface area contributed by atoms with Crippen molar-refractivity contribution in [2.45, 2.75) is 66.5 Å². The van der Waals surface area contributed by atoms with Gasteiger partial charge in [0.05, 0.1) is 13.7 Å². The molecule has 0 aliphatic carbocycles. The predicted octanol–water partition coefficient (Wildman–Crippen LogP) is 9.56. The maximum atomic E-state index is 8.55. The van der Waals surface area contributed by atoms with E-state index >= 15 is 0 Å². The first-order valence-electron chi connectivity index (χ1n) is 17.5. The molecule has 4 heterocycles. The van der Waals surface area contributed by atoms with Gasteiger partial charge >= 0.3 is 0 Å². The van der Waals surface area contributed by atoms with Gasteiger partial charge < -0.3 is 14.4 Å². The van der Waals surface area contributed by atoms with Crippen molar-refractivity contribution < 1.29 is 32.7 Å². The quantitative estimate of drug-likeness (QED) is 0.125. The Kier molecular flexibility index (Phi) is 8.29. The van der Waals surface area contributed by atoms with E-state index in [0.29, 0.717) is 16.8 Å². The molecule has 0 spiro atoms. The third-order valence-corrected chi connectivity index (χ3v) is 9.05. The smallest absolute Gasteiger partial charge is 0.216 e. The van der Waals surface area contributed by atoms with Gasteiger partial charge in [-0.1, -0.05) is 81.5 Å². The van der Waals surface area contributed by atoms with E-state index in [1.54, 1.807) is 18.3 Å². The first-order valence-corrected chi connectivity index (χ1v) is 18.0. The molecule has 0 saturated heterocycles. The van der Waals surface area contributed by atoms with Gasteiger partial charge in [0.1, 0.15) is 0 Å². The third kappa shape index (κ3) is 7.61. The summed E-state index contributed by atoms with van der Waals surface area (Å²) in [4.78, 5) is 13.2. The molecular formula is C38H41IrN3OSi-2. The molecule has 0 N–H and O–H groups in total. The average molecular weight is 782 g/mol. The number of rotatable bonds is 6. The second kappa shape index (κ2) is 14.1. The number of aryl methyl sites for hydroxylation is 1. The summed E-state index contributed by atoms with van der Waals surface area (Å²) >= 11 is 0. The predicted molar refractivity (Wildman–Crippen MR) is 182 cm³/mol. The van der Waals surface area contributed by atoms with E-state index in [9.17, 15) is 0 Å². The number of hydrogen-bond acceptors (Lipinski definition) is 4. The van der Waals surface area contributed by atoms with Gasteiger partial charge in [0, 0.05) is 51.8 Å². The van der Waals surface area contributed by atoms with E-state index in [-0.39, 0.29) is 37.4 Å². The standard InChI is InChI=1S/C20H17N2O.C18H24NSi.Ir/c1-12(2)14-9-10-21-18(11-14)17-6-4-5-15-16-8-7-13(3)22-20(16)23-19(15)17;1-14(2)11-16-12-17(15-9-7-6-8-10-15)19-13-18(16)20(3,4)5;/h4-5,7-12H,1-3H3;6-9,12-14H,11H2,1-5H3;/q2*-1;/i3D3,12D;11D2;. The molecule has 2 aromatic carbocycles. The van der Waals surface area contributed by atoms with Crippen LogP contribution < -0.4 is 5.19 Å². The number of nitrogens with zero attached hydrogens (tertiary/aromatic N) is 3. The summed E-state index contributed by atoms with van der Waals surface area (Å²) in [7, 11) is -1.67. The molecule has 6 heteroatoms. The van der Waals surface area contributed by atoms with Gasteiger partial charge in [0.25, 0.3) is 0 Å². The van der Waals surface area contributed by atoms with Crippen LogP contribution in [0.2, 0.25) is 19.6 Å². The second-order valence-electron chi connectivity index (χ2n) is 12.1. The third-order valence-electron chi connectivity index (χ3n) is 7.03. The van der Waals surface area contributed by atoms with E-state index in [4.69, 9.17) is 12.6 Å². The Morgan fingerprint density at radius 1 is 0.932 bits per heavy atom. The van der Waals surface area contributed by atoms with Crippen molar-refractivity contribution in [2.75, 3.05) is 0 Å². The van der Waals surface area contributed by atoms with Gasteiger partial charge in [-0.05, 0) is 59.8 Å². The Labute approximate surface area is 285 Å². The van der Waals surface area contributed by atoms with E-state index in [1.165, 1.54) is 6.07 Å². The molecule has 6 aromatic rings. The van der Waals surface area contributed by atoms with E-state index in [0.717, 1.165) is 38.3 Å². The fourth-order valence-corrected chi connectivity index (χ4v) is 6.28. The molecule has 0 saturated carbocycles. The number of furan rings is 1. The van der Waals surface area contributed by atoms with Crippen LogP contribution in [0.3, 0.4) is 0 Å². The Bertz CT molecular complexity index is 2100. The van der Waals surface area contributed by atoms with Crippen molar-refractivity contribution in [3.05, 3.63) is 108 Å². The van der Waals surface area contributed by atoms with Crippen LogP contribution >= 0.6 is 0 Å². The van der Waals surface area contributed by atoms with Crippen molar-refractivity contribution >= 4 is 35.3 Å². The van der Waals surface area contributed by atoms with Gasteiger partial charge in [0.2, 0.25) is 5.71 Å².